The van der Waals surface area contributed by atoms with Crippen molar-refractivity contribution in [2.24, 2.45) is 5.92 Å². The van der Waals surface area contributed by atoms with Gasteiger partial charge in [-0.15, -0.1) is 0 Å². The Morgan fingerprint density at radius 2 is 1.93 bits per heavy atom. The van der Waals surface area contributed by atoms with E-state index in [1.807, 2.05) is 13.8 Å². The summed E-state index contributed by atoms with van der Waals surface area (Å²) in [6, 6.07) is 0. The second-order valence-electron chi connectivity index (χ2n) is 4.29. The van der Waals surface area contributed by atoms with Gasteiger partial charge in [0.15, 0.2) is 0 Å². The van der Waals surface area contributed by atoms with Crippen molar-refractivity contribution in [3.63, 3.8) is 0 Å². The smallest absolute Gasteiger partial charge is 0.137 e. The topological polar surface area (TPSA) is 26.0 Å². The summed E-state index contributed by atoms with van der Waals surface area (Å²) in [6.45, 7) is 10.8. The molecule has 0 saturated carbocycles. The van der Waals surface area contributed by atoms with E-state index in [9.17, 15) is 0 Å². The molecule has 2 heteroatoms. The molecule has 0 bridgehead atoms. The quantitative estimate of drug-likeness (QED) is 0.729. The van der Waals surface area contributed by atoms with Crippen molar-refractivity contribution in [3.05, 3.63) is 17.0 Å². The van der Waals surface area contributed by atoms with Crippen LogP contribution in [-0.2, 0) is 0 Å². The largest absolute Gasteiger partial charge is 0.361 e. The van der Waals surface area contributed by atoms with E-state index >= 15 is 0 Å². The summed E-state index contributed by atoms with van der Waals surface area (Å²) in [6.07, 6.45) is 2.51. The van der Waals surface area contributed by atoms with Gasteiger partial charge in [0.05, 0.1) is 5.69 Å². The van der Waals surface area contributed by atoms with Crippen molar-refractivity contribution in [2.45, 2.75) is 53.4 Å². The van der Waals surface area contributed by atoms with Gasteiger partial charge in [0.2, 0.25) is 0 Å². The fourth-order valence-corrected chi connectivity index (χ4v) is 2.13. The molecule has 2 atom stereocenters. The van der Waals surface area contributed by atoms with Crippen LogP contribution in [0, 0.1) is 19.8 Å². The van der Waals surface area contributed by atoms with Crippen LogP contribution in [0.2, 0.25) is 0 Å². The van der Waals surface area contributed by atoms with Crippen molar-refractivity contribution in [1.82, 2.24) is 5.16 Å². The van der Waals surface area contributed by atoms with Gasteiger partial charge in [0.25, 0.3) is 0 Å². The van der Waals surface area contributed by atoms with Crippen LogP contribution in [0.4, 0.5) is 0 Å². The Hall–Kier alpha value is -0.790. The van der Waals surface area contributed by atoms with E-state index in [0.29, 0.717) is 11.8 Å². The molecule has 0 fully saturated rings. The maximum absolute atomic E-state index is 5.19. The van der Waals surface area contributed by atoms with Crippen LogP contribution in [0.1, 0.15) is 56.5 Å². The molecule has 0 aromatic carbocycles. The molecule has 0 amide bonds. The molecule has 80 valence electrons. The molecular weight excluding hydrogens is 174 g/mol. The number of nitrogens with zero attached hydrogens (tertiary/aromatic N) is 1. The molecule has 1 heterocycles. The van der Waals surface area contributed by atoms with Gasteiger partial charge < -0.3 is 4.52 Å². The molecule has 0 radical (unpaired) electrons. The Labute approximate surface area is 86.7 Å². The molecule has 1 aromatic rings. The summed E-state index contributed by atoms with van der Waals surface area (Å²) < 4.78 is 5.19. The predicted molar refractivity (Wildman–Crippen MR) is 58.5 cm³/mol. The number of rotatable bonds is 4. The Morgan fingerprint density at radius 3 is 2.36 bits per heavy atom. The lowest BCUT2D eigenvalue weighted by Gasteiger charge is -2.18. The first-order chi connectivity index (χ1) is 6.57. The minimum absolute atomic E-state index is 0.557. The van der Waals surface area contributed by atoms with Gasteiger partial charge in [0.1, 0.15) is 5.76 Å². The molecule has 14 heavy (non-hydrogen) atoms. The summed E-state index contributed by atoms with van der Waals surface area (Å²) in [5, 5.41) is 4.00. The number of aromatic nitrogens is 1. The number of aryl methyl sites for hydroxylation is 2. The first kappa shape index (κ1) is 11.3. The summed E-state index contributed by atoms with van der Waals surface area (Å²) >= 11 is 0. The third-order valence-electron chi connectivity index (χ3n) is 3.14. The summed E-state index contributed by atoms with van der Waals surface area (Å²) in [7, 11) is 0. The monoisotopic (exact) mass is 195 g/mol. The molecular formula is C12H21NO. The van der Waals surface area contributed by atoms with Crippen LogP contribution in [0.25, 0.3) is 0 Å². The van der Waals surface area contributed by atoms with E-state index < -0.39 is 0 Å². The van der Waals surface area contributed by atoms with Crippen molar-refractivity contribution in [2.75, 3.05) is 0 Å². The van der Waals surface area contributed by atoms with Crippen molar-refractivity contribution >= 4 is 0 Å². The molecule has 0 saturated heterocycles. The van der Waals surface area contributed by atoms with Gasteiger partial charge >= 0.3 is 0 Å². The van der Waals surface area contributed by atoms with Crippen LogP contribution in [0.5, 0.6) is 0 Å². The van der Waals surface area contributed by atoms with Crippen molar-refractivity contribution in [3.8, 4) is 0 Å². The first-order valence-electron chi connectivity index (χ1n) is 5.50. The van der Waals surface area contributed by atoms with Gasteiger partial charge in [-0.3, -0.25) is 0 Å². The highest BCUT2D eigenvalue weighted by molar-refractivity contribution is 5.25. The van der Waals surface area contributed by atoms with E-state index in [4.69, 9.17) is 4.52 Å². The van der Waals surface area contributed by atoms with E-state index in [2.05, 4.69) is 25.9 Å². The average Bonchev–Trinajstić information content (AvgIpc) is 2.46. The lowest BCUT2D eigenvalue weighted by Crippen LogP contribution is -2.07. The fraction of sp³-hybridized carbons (Fsp3) is 0.750. The molecule has 0 aliphatic rings. The lowest BCUT2D eigenvalue weighted by atomic mass is 9.85. The third kappa shape index (κ3) is 2.17. The molecule has 0 N–H and O–H groups in total. The number of hydrogen-bond donors (Lipinski definition) is 0. The maximum atomic E-state index is 5.19. The van der Waals surface area contributed by atoms with E-state index in [0.717, 1.165) is 11.5 Å². The van der Waals surface area contributed by atoms with E-state index in [1.165, 1.54) is 18.4 Å². The Balaban J connectivity index is 2.82. The zero-order valence-electron chi connectivity index (χ0n) is 9.92. The van der Waals surface area contributed by atoms with E-state index in [-0.39, 0.29) is 0 Å². The average molecular weight is 195 g/mol. The van der Waals surface area contributed by atoms with Gasteiger partial charge in [-0.25, -0.2) is 0 Å². The van der Waals surface area contributed by atoms with Crippen LogP contribution < -0.4 is 0 Å². The molecule has 2 unspecified atom stereocenters. The fourth-order valence-electron chi connectivity index (χ4n) is 2.13. The normalized spacial score (nSPS) is 15.5. The van der Waals surface area contributed by atoms with Gasteiger partial charge in [0, 0.05) is 5.56 Å². The van der Waals surface area contributed by atoms with Gasteiger partial charge in [-0.2, -0.15) is 0 Å². The second-order valence-corrected chi connectivity index (χ2v) is 4.29. The molecule has 1 aromatic heterocycles. The maximum Gasteiger partial charge on any atom is 0.137 e. The van der Waals surface area contributed by atoms with E-state index in [1.54, 1.807) is 0 Å². The molecule has 0 aliphatic heterocycles. The van der Waals surface area contributed by atoms with Crippen LogP contribution >= 0.6 is 0 Å². The Kier molecular flexibility index (Phi) is 3.73. The molecule has 2 nitrogen and oxygen atoms in total. The van der Waals surface area contributed by atoms with Crippen LogP contribution in [-0.4, -0.2) is 5.16 Å². The Morgan fingerprint density at radius 1 is 1.29 bits per heavy atom. The minimum Gasteiger partial charge on any atom is -0.361 e. The Bertz CT molecular complexity index is 271. The highest BCUT2D eigenvalue weighted by atomic mass is 16.5. The highest BCUT2D eigenvalue weighted by Gasteiger charge is 2.20. The van der Waals surface area contributed by atoms with Gasteiger partial charge in [-0.05, 0) is 25.7 Å². The first-order valence-corrected chi connectivity index (χ1v) is 5.50. The lowest BCUT2D eigenvalue weighted by molar-refractivity contribution is 0.387. The third-order valence-corrected chi connectivity index (χ3v) is 3.14. The van der Waals surface area contributed by atoms with Crippen molar-refractivity contribution < 1.29 is 4.52 Å². The summed E-state index contributed by atoms with van der Waals surface area (Å²) in [5.74, 6) is 2.25. The SMILES string of the molecule is CCCC(C)C(C)c1c(C)noc1C. The zero-order chi connectivity index (χ0) is 10.7. The number of hydrogen-bond acceptors (Lipinski definition) is 2. The zero-order valence-corrected chi connectivity index (χ0v) is 9.92. The standard InChI is InChI=1S/C12H21NO/c1-6-7-8(2)9(3)12-10(4)13-14-11(12)5/h8-9H,6-7H2,1-5H3. The highest BCUT2D eigenvalue weighted by Crippen LogP contribution is 2.31. The summed E-state index contributed by atoms with van der Waals surface area (Å²) in [5.41, 5.74) is 2.36. The minimum atomic E-state index is 0.557. The van der Waals surface area contributed by atoms with Crippen molar-refractivity contribution in [1.29, 1.82) is 0 Å². The van der Waals surface area contributed by atoms with Crippen LogP contribution in [0.3, 0.4) is 0 Å². The predicted octanol–water partition coefficient (Wildman–Crippen LogP) is 3.83. The van der Waals surface area contributed by atoms with Gasteiger partial charge in [-0.1, -0.05) is 38.8 Å². The second kappa shape index (κ2) is 4.63. The molecule has 0 spiro atoms. The van der Waals surface area contributed by atoms with Crippen LogP contribution in [0.15, 0.2) is 4.52 Å². The molecule has 0 aliphatic carbocycles. The summed E-state index contributed by atoms with van der Waals surface area (Å²) in [4.78, 5) is 0. The molecule has 1 rings (SSSR count).